The van der Waals surface area contributed by atoms with E-state index < -0.39 is 0 Å². The number of aromatic nitrogens is 2. The lowest BCUT2D eigenvalue weighted by Crippen LogP contribution is -2.54. The van der Waals surface area contributed by atoms with Crippen LogP contribution in [0, 0.1) is 0 Å². The molecule has 0 spiro atoms. The largest absolute Gasteiger partial charge is 0.381 e. The van der Waals surface area contributed by atoms with Gasteiger partial charge in [-0.3, -0.25) is 4.68 Å². The molecule has 0 aliphatic carbocycles. The van der Waals surface area contributed by atoms with Gasteiger partial charge < -0.3 is 15.2 Å². The molecule has 1 aromatic heterocycles. The second kappa shape index (κ2) is 7.22. The van der Waals surface area contributed by atoms with Crippen LogP contribution in [0.5, 0.6) is 0 Å². The molecule has 0 bridgehead atoms. The van der Waals surface area contributed by atoms with Crippen LogP contribution in [0.25, 0.3) is 0 Å². The zero-order valence-corrected chi connectivity index (χ0v) is 14.8. The molecule has 1 saturated heterocycles. The highest BCUT2D eigenvalue weighted by molar-refractivity contribution is 9.10. The molecule has 2 N–H and O–H groups in total. The molecule has 1 aliphatic rings. The van der Waals surface area contributed by atoms with Crippen LogP contribution in [0.2, 0.25) is 0 Å². The normalized spacial score (nSPS) is 19.7. The fourth-order valence-electron chi connectivity index (χ4n) is 3.05. The summed E-state index contributed by atoms with van der Waals surface area (Å²) in [5, 5.41) is 4.64. The third-order valence-corrected chi connectivity index (χ3v) is 5.44. The van der Waals surface area contributed by atoms with Crippen molar-refractivity contribution in [2.24, 2.45) is 5.73 Å². The lowest BCUT2D eigenvalue weighted by Gasteiger charge is -2.40. The van der Waals surface area contributed by atoms with Gasteiger partial charge in [0.1, 0.15) is 0 Å². The van der Waals surface area contributed by atoms with Gasteiger partial charge in [-0.2, -0.15) is 5.10 Å². The van der Waals surface area contributed by atoms with Crippen LogP contribution in [0.1, 0.15) is 38.1 Å². The molecule has 0 amide bonds. The molecular weight excluding hydrogens is 334 g/mol. The van der Waals surface area contributed by atoms with E-state index in [0.717, 1.165) is 55.6 Å². The Morgan fingerprint density at radius 1 is 1.43 bits per heavy atom. The maximum Gasteiger partial charge on any atom is 0.0876 e. The van der Waals surface area contributed by atoms with Crippen molar-refractivity contribution in [3.8, 4) is 0 Å². The van der Waals surface area contributed by atoms with Crippen LogP contribution >= 0.6 is 15.9 Å². The first-order valence-electron chi connectivity index (χ1n) is 7.70. The highest BCUT2D eigenvalue weighted by atomic mass is 79.9. The summed E-state index contributed by atoms with van der Waals surface area (Å²) in [4.78, 5) is 0. The highest BCUT2D eigenvalue weighted by Crippen LogP contribution is 2.31. The van der Waals surface area contributed by atoms with Crippen LogP contribution in [0.4, 0.5) is 0 Å². The van der Waals surface area contributed by atoms with Crippen LogP contribution in [0.15, 0.2) is 4.47 Å². The molecule has 120 valence electrons. The summed E-state index contributed by atoms with van der Waals surface area (Å²) in [6.45, 7) is 6.51. The zero-order valence-electron chi connectivity index (χ0n) is 13.2. The lowest BCUT2D eigenvalue weighted by atomic mass is 9.84. The van der Waals surface area contributed by atoms with Crippen molar-refractivity contribution in [2.45, 2.75) is 57.7 Å². The summed E-state index contributed by atoms with van der Waals surface area (Å²) in [7, 11) is 1.76. The number of halogens is 1. The molecular formula is C15H26BrN3O2. The fourth-order valence-corrected chi connectivity index (χ4v) is 3.78. The summed E-state index contributed by atoms with van der Waals surface area (Å²) in [5.74, 6) is 0. The van der Waals surface area contributed by atoms with Gasteiger partial charge in [0.2, 0.25) is 0 Å². The van der Waals surface area contributed by atoms with Crippen molar-refractivity contribution < 1.29 is 9.47 Å². The van der Waals surface area contributed by atoms with E-state index in [0.29, 0.717) is 0 Å². The lowest BCUT2D eigenvalue weighted by molar-refractivity contribution is -0.104. The topological polar surface area (TPSA) is 62.3 Å². The maximum absolute atomic E-state index is 6.53. The molecule has 0 aromatic carbocycles. The molecule has 1 aliphatic heterocycles. The van der Waals surface area contributed by atoms with Crippen LogP contribution in [-0.2, 0) is 28.9 Å². The molecule has 0 saturated carbocycles. The molecule has 6 heteroatoms. The van der Waals surface area contributed by atoms with E-state index in [9.17, 15) is 0 Å². The van der Waals surface area contributed by atoms with E-state index >= 15 is 0 Å². The summed E-state index contributed by atoms with van der Waals surface area (Å²) < 4.78 is 14.4. The Labute approximate surface area is 135 Å². The molecule has 2 heterocycles. The minimum absolute atomic E-state index is 0.0607. The minimum atomic E-state index is -0.285. The Balaban J connectivity index is 2.22. The van der Waals surface area contributed by atoms with Crippen LogP contribution in [-0.4, -0.2) is 41.7 Å². The van der Waals surface area contributed by atoms with Crippen molar-refractivity contribution in [1.29, 1.82) is 0 Å². The van der Waals surface area contributed by atoms with Gasteiger partial charge in [-0.1, -0.05) is 6.92 Å². The van der Waals surface area contributed by atoms with Crippen molar-refractivity contribution in [2.75, 3.05) is 20.3 Å². The van der Waals surface area contributed by atoms with Crippen LogP contribution in [0.3, 0.4) is 0 Å². The minimum Gasteiger partial charge on any atom is -0.381 e. The van der Waals surface area contributed by atoms with E-state index in [1.807, 2.05) is 4.68 Å². The number of aryl methyl sites for hydroxylation is 2. The molecule has 1 aromatic rings. The monoisotopic (exact) mass is 359 g/mol. The Morgan fingerprint density at radius 3 is 2.62 bits per heavy atom. The van der Waals surface area contributed by atoms with Crippen LogP contribution < -0.4 is 5.73 Å². The van der Waals surface area contributed by atoms with E-state index in [2.05, 4.69) is 34.9 Å². The Bertz CT molecular complexity index is 470. The van der Waals surface area contributed by atoms with Gasteiger partial charge in [-0.15, -0.1) is 0 Å². The third kappa shape index (κ3) is 3.33. The molecule has 1 unspecified atom stereocenters. The fraction of sp³-hybridized carbons (Fsp3) is 0.800. The molecule has 1 atom stereocenters. The molecule has 0 radical (unpaired) electrons. The third-order valence-electron chi connectivity index (χ3n) is 4.53. The summed E-state index contributed by atoms with van der Waals surface area (Å²) in [6.07, 6.45) is 3.38. The van der Waals surface area contributed by atoms with Gasteiger partial charge >= 0.3 is 0 Å². The molecule has 2 rings (SSSR count). The van der Waals surface area contributed by atoms with Gasteiger partial charge in [0.25, 0.3) is 0 Å². The Hall–Kier alpha value is -0.430. The van der Waals surface area contributed by atoms with Crippen molar-refractivity contribution in [3.63, 3.8) is 0 Å². The summed E-state index contributed by atoms with van der Waals surface area (Å²) in [6, 6.07) is -0.0607. The second-order valence-corrected chi connectivity index (χ2v) is 6.36. The van der Waals surface area contributed by atoms with Crippen molar-refractivity contribution >= 4 is 15.9 Å². The number of hydrogen-bond donors (Lipinski definition) is 1. The van der Waals surface area contributed by atoms with E-state index in [1.165, 1.54) is 5.69 Å². The molecule has 1 fully saturated rings. The van der Waals surface area contributed by atoms with Crippen molar-refractivity contribution in [1.82, 2.24) is 9.78 Å². The first-order chi connectivity index (χ1) is 10.1. The first-order valence-corrected chi connectivity index (χ1v) is 8.49. The predicted molar refractivity (Wildman–Crippen MR) is 86.5 cm³/mol. The Kier molecular flexibility index (Phi) is 5.82. The Morgan fingerprint density at radius 2 is 2.10 bits per heavy atom. The number of nitrogens with two attached hydrogens (primary N) is 1. The number of methoxy groups -OCH3 is 1. The number of nitrogens with zero attached hydrogens (tertiary/aromatic N) is 2. The quantitative estimate of drug-likeness (QED) is 0.846. The van der Waals surface area contributed by atoms with Gasteiger partial charge in [-0.25, -0.2) is 0 Å². The van der Waals surface area contributed by atoms with E-state index in [1.54, 1.807) is 7.11 Å². The first kappa shape index (κ1) is 16.9. The van der Waals surface area contributed by atoms with Gasteiger partial charge in [0.15, 0.2) is 0 Å². The van der Waals surface area contributed by atoms with Gasteiger partial charge in [-0.05, 0) is 29.3 Å². The van der Waals surface area contributed by atoms with Gasteiger partial charge in [0, 0.05) is 52.2 Å². The number of ether oxygens (including phenoxy) is 2. The average molecular weight is 360 g/mol. The summed E-state index contributed by atoms with van der Waals surface area (Å²) >= 11 is 3.69. The maximum atomic E-state index is 6.53. The van der Waals surface area contributed by atoms with E-state index in [-0.39, 0.29) is 11.6 Å². The number of rotatable bonds is 6. The highest BCUT2D eigenvalue weighted by Gasteiger charge is 2.39. The standard InChI is InChI=1S/C15H26BrN3O2/c1-4-11-14(16)12(19(5-2)18-11)10-13(17)15(20-3)6-8-21-9-7-15/h13H,4-10,17H2,1-3H3. The molecule has 21 heavy (non-hydrogen) atoms. The van der Waals surface area contributed by atoms with Gasteiger partial charge in [0.05, 0.1) is 21.5 Å². The average Bonchev–Trinajstić information content (AvgIpc) is 2.83. The summed E-state index contributed by atoms with van der Waals surface area (Å²) in [5.41, 5.74) is 8.51. The van der Waals surface area contributed by atoms with E-state index in [4.69, 9.17) is 15.2 Å². The predicted octanol–water partition coefficient (Wildman–Crippen LogP) is 2.29. The van der Waals surface area contributed by atoms with Crippen molar-refractivity contribution in [3.05, 3.63) is 15.9 Å². The number of hydrogen-bond acceptors (Lipinski definition) is 4. The zero-order chi connectivity index (χ0) is 15.5. The molecule has 5 nitrogen and oxygen atoms in total. The second-order valence-electron chi connectivity index (χ2n) is 5.57. The smallest absolute Gasteiger partial charge is 0.0876 e. The SMILES string of the molecule is CCc1nn(CC)c(CC(N)C2(OC)CCOCC2)c1Br.